The normalized spacial score (nSPS) is 10.4. The summed E-state index contributed by atoms with van der Waals surface area (Å²) in [5.41, 5.74) is 0.904. The average molecular weight is 185 g/mol. The molecule has 0 spiro atoms. The van der Waals surface area contributed by atoms with Gasteiger partial charge in [0.2, 0.25) is 0 Å². The van der Waals surface area contributed by atoms with E-state index >= 15 is 0 Å². The maximum atomic E-state index is 10.5. The van der Waals surface area contributed by atoms with Gasteiger partial charge in [-0.3, -0.25) is 14.8 Å². The van der Waals surface area contributed by atoms with Gasteiger partial charge in [0.15, 0.2) is 0 Å². The Morgan fingerprint density at radius 1 is 1.62 bits per heavy atom. The van der Waals surface area contributed by atoms with Gasteiger partial charge in [0.05, 0.1) is 18.1 Å². The van der Waals surface area contributed by atoms with E-state index in [1.54, 1.807) is 13.8 Å². The van der Waals surface area contributed by atoms with Crippen molar-refractivity contribution in [3.63, 3.8) is 0 Å². The zero-order chi connectivity index (χ0) is 10.0. The molecular weight excluding hydrogens is 174 g/mol. The number of nitro groups is 1. The summed E-state index contributed by atoms with van der Waals surface area (Å²) in [6.07, 6.45) is 0. The van der Waals surface area contributed by atoms with Gasteiger partial charge < -0.3 is 5.11 Å². The van der Waals surface area contributed by atoms with Crippen LogP contribution in [0.3, 0.4) is 0 Å². The molecule has 72 valence electrons. The van der Waals surface area contributed by atoms with Crippen LogP contribution in [0.2, 0.25) is 0 Å². The summed E-state index contributed by atoms with van der Waals surface area (Å²) in [4.78, 5) is 10.1. The SMILES string of the molecule is Cc1nn(CCO)c(C)c1[N+](=O)[O-]. The number of aryl methyl sites for hydroxylation is 1. The lowest BCUT2D eigenvalue weighted by Crippen LogP contribution is -2.06. The van der Waals surface area contributed by atoms with E-state index in [4.69, 9.17) is 5.11 Å². The van der Waals surface area contributed by atoms with Gasteiger partial charge in [-0.05, 0) is 13.8 Å². The van der Waals surface area contributed by atoms with Gasteiger partial charge in [-0.15, -0.1) is 0 Å². The van der Waals surface area contributed by atoms with Crippen LogP contribution in [0.1, 0.15) is 11.4 Å². The zero-order valence-electron chi connectivity index (χ0n) is 7.52. The molecule has 0 bridgehead atoms. The Labute approximate surface area is 74.9 Å². The largest absolute Gasteiger partial charge is 0.394 e. The highest BCUT2D eigenvalue weighted by atomic mass is 16.6. The molecule has 1 heterocycles. The highest BCUT2D eigenvalue weighted by Crippen LogP contribution is 2.21. The highest BCUT2D eigenvalue weighted by molar-refractivity contribution is 5.39. The van der Waals surface area contributed by atoms with Crippen molar-refractivity contribution in [3.8, 4) is 0 Å². The Bertz CT molecular complexity index is 332. The molecule has 0 aromatic carbocycles. The second-order valence-electron chi connectivity index (χ2n) is 2.72. The van der Waals surface area contributed by atoms with Gasteiger partial charge in [0.1, 0.15) is 11.4 Å². The molecule has 0 aliphatic carbocycles. The van der Waals surface area contributed by atoms with E-state index in [-0.39, 0.29) is 12.3 Å². The number of aliphatic hydroxyl groups excluding tert-OH is 1. The van der Waals surface area contributed by atoms with Crippen molar-refractivity contribution in [3.05, 3.63) is 21.5 Å². The monoisotopic (exact) mass is 185 g/mol. The molecule has 0 saturated carbocycles. The smallest absolute Gasteiger partial charge is 0.312 e. The quantitative estimate of drug-likeness (QED) is 0.546. The summed E-state index contributed by atoms with van der Waals surface area (Å²) >= 11 is 0. The number of nitrogens with zero attached hydrogens (tertiary/aromatic N) is 3. The van der Waals surface area contributed by atoms with E-state index < -0.39 is 4.92 Å². The zero-order valence-corrected chi connectivity index (χ0v) is 7.52. The second-order valence-corrected chi connectivity index (χ2v) is 2.72. The molecular formula is C7H11N3O3. The Morgan fingerprint density at radius 3 is 2.62 bits per heavy atom. The highest BCUT2D eigenvalue weighted by Gasteiger charge is 2.20. The van der Waals surface area contributed by atoms with Crippen LogP contribution in [0, 0.1) is 24.0 Å². The molecule has 0 aliphatic rings. The van der Waals surface area contributed by atoms with E-state index in [2.05, 4.69) is 5.10 Å². The first-order chi connectivity index (χ1) is 6.07. The molecule has 13 heavy (non-hydrogen) atoms. The van der Waals surface area contributed by atoms with E-state index in [0.717, 1.165) is 0 Å². The topological polar surface area (TPSA) is 81.2 Å². The molecule has 1 N–H and O–H groups in total. The number of rotatable bonds is 3. The van der Waals surface area contributed by atoms with Crippen LogP contribution < -0.4 is 0 Å². The van der Waals surface area contributed by atoms with Crippen molar-refractivity contribution in [1.82, 2.24) is 9.78 Å². The van der Waals surface area contributed by atoms with E-state index in [1.807, 2.05) is 0 Å². The molecule has 1 aromatic heterocycles. The minimum Gasteiger partial charge on any atom is -0.394 e. The van der Waals surface area contributed by atoms with E-state index in [0.29, 0.717) is 17.9 Å². The van der Waals surface area contributed by atoms with Crippen molar-refractivity contribution in [2.24, 2.45) is 0 Å². The predicted octanol–water partition coefficient (Wildman–Crippen LogP) is 0.400. The maximum absolute atomic E-state index is 10.5. The van der Waals surface area contributed by atoms with Crippen LogP contribution in [-0.2, 0) is 6.54 Å². The molecule has 0 amide bonds. The summed E-state index contributed by atoms with van der Waals surface area (Å²) in [6.45, 7) is 3.42. The van der Waals surface area contributed by atoms with Gasteiger partial charge in [0, 0.05) is 0 Å². The minimum atomic E-state index is -0.453. The standard InChI is InChI=1S/C7H11N3O3/c1-5-7(10(12)13)6(2)9(8-5)3-4-11/h11H,3-4H2,1-2H3. The minimum absolute atomic E-state index is 0.0356. The first kappa shape index (κ1) is 9.66. The Balaban J connectivity index is 3.14. The number of hydrogen-bond acceptors (Lipinski definition) is 4. The van der Waals surface area contributed by atoms with Crippen LogP contribution in [-0.4, -0.2) is 26.4 Å². The fourth-order valence-corrected chi connectivity index (χ4v) is 1.26. The third kappa shape index (κ3) is 1.67. The van der Waals surface area contributed by atoms with Crippen LogP contribution in [0.25, 0.3) is 0 Å². The lowest BCUT2D eigenvalue weighted by atomic mass is 10.3. The fourth-order valence-electron chi connectivity index (χ4n) is 1.26. The van der Waals surface area contributed by atoms with Crippen molar-refractivity contribution < 1.29 is 10.0 Å². The average Bonchev–Trinajstić information content (AvgIpc) is 2.28. The van der Waals surface area contributed by atoms with Crippen molar-refractivity contribution in [2.45, 2.75) is 20.4 Å². The number of aliphatic hydroxyl groups is 1. The summed E-state index contributed by atoms with van der Waals surface area (Å²) in [7, 11) is 0. The molecule has 6 nitrogen and oxygen atoms in total. The van der Waals surface area contributed by atoms with Crippen LogP contribution in [0.4, 0.5) is 5.69 Å². The van der Waals surface area contributed by atoms with Crippen LogP contribution >= 0.6 is 0 Å². The Morgan fingerprint density at radius 2 is 2.23 bits per heavy atom. The Kier molecular flexibility index (Phi) is 2.62. The third-order valence-electron chi connectivity index (χ3n) is 1.84. The van der Waals surface area contributed by atoms with Crippen LogP contribution in [0.5, 0.6) is 0 Å². The molecule has 6 heteroatoms. The van der Waals surface area contributed by atoms with Gasteiger partial charge in [-0.1, -0.05) is 0 Å². The first-order valence-corrected chi connectivity index (χ1v) is 3.87. The van der Waals surface area contributed by atoms with E-state index in [9.17, 15) is 10.1 Å². The molecule has 1 aromatic rings. The molecule has 0 unspecified atom stereocenters. The number of hydrogen-bond donors (Lipinski definition) is 1. The maximum Gasteiger partial charge on any atom is 0.312 e. The molecule has 0 radical (unpaired) electrons. The van der Waals surface area contributed by atoms with Gasteiger partial charge in [0.25, 0.3) is 0 Å². The van der Waals surface area contributed by atoms with Crippen molar-refractivity contribution in [1.29, 1.82) is 0 Å². The molecule has 1 rings (SSSR count). The van der Waals surface area contributed by atoms with Crippen molar-refractivity contribution in [2.75, 3.05) is 6.61 Å². The first-order valence-electron chi connectivity index (χ1n) is 3.87. The predicted molar refractivity (Wildman–Crippen MR) is 45.4 cm³/mol. The number of aromatic nitrogens is 2. The molecule has 0 atom stereocenters. The molecule has 0 aliphatic heterocycles. The summed E-state index contributed by atoms with van der Waals surface area (Å²) in [5, 5.41) is 23.1. The molecule has 0 saturated heterocycles. The lowest BCUT2D eigenvalue weighted by molar-refractivity contribution is -0.386. The van der Waals surface area contributed by atoms with Gasteiger partial charge >= 0.3 is 5.69 Å². The van der Waals surface area contributed by atoms with Crippen LogP contribution in [0.15, 0.2) is 0 Å². The van der Waals surface area contributed by atoms with E-state index in [1.165, 1.54) is 4.68 Å². The Hall–Kier alpha value is -1.43. The lowest BCUT2D eigenvalue weighted by Gasteiger charge is -1.98. The van der Waals surface area contributed by atoms with Gasteiger partial charge in [-0.25, -0.2) is 0 Å². The summed E-state index contributed by atoms with van der Waals surface area (Å²) in [5.74, 6) is 0. The summed E-state index contributed by atoms with van der Waals surface area (Å²) < 4.78 is 1.44. The van der Waals surface area contributed by atoms with Gasteiger partial charge in [-0.2, -0.15) is 5.10 Å². The summed E-state index contributed by atoms with van der Waals surface area (Å²) in [6, 6.07) is 0. The fraction of sp³-hybridized carbons (Fsp3) is 0.571. The molecule has 0 fully saturated rings. The third-order valence-corrected chi connectivity index (χ3v) is 1.84. The van der Waals surface area contributed by atoms with Crippen molar-refractivity contribution >= 4 is 5.69 Å². The second kappa shape index (κ2) is 3.53.